The molecule has 0 saturated carbocycles. The van der Waals surface area contributed by atoms with Crippen LogP contribution in [0.4, 0.5) is 5.00 Å². The van der Waals surface area contributed by atoms with Crippen LogP contribution in [-0.4, -0.2) is 14.3 Å². The van der Waals surface area contributed by atoms with Crippen LogP contribution in [0.5, 0.6) is 0 Å². The molecule has 0 aliphatic heterocycles. The molecular weight excluding hydrogens is 200 g/mol. The van der Waals surface area contributed by atoms with Crippen molar-refractivity contribution in [1.29, 1.82) is 0 Å². The van der Waals surface area contributed by atoms with Gasteiger partial charge >= 0.3 is 0 Å². The maximum Gasteiger partial charge on any atom is 0.251 e. The molecule has 1 aromatic rings. The van der Waals surface area contributed by atoms with Gasteiger partial charge in [0.2, 0.25) is 0 Å². The first-order valence-corrected chi connectivity index (χ1v) is 4.85. The predicted molar refractivity (Wildman–Crippen MR) is 45.8 cm³/mol. The summed E-state index contributed by atoms with van der Waals surface area (Å²) in [5.41, 5.74) is 10.3. The summed E-state index contributed by atoms with van der Waals surface area (Å²) in [5.74, 6) is -0.716. The lowest BCUT2D eigenvalue weighted by Gasteiger charge is -1.87. The molecule has 1 aromatic heterocycles. The van der Waals surface area contributed by atoms with Crippen LogP contribution in [0.1, 0.15) is 10.4 Å². The number of carbonyl (C=O) groups is 1. The Labute approximate surface area is 73.9 Å². The maximum absolute atomic E-state index is 10.6. The van der Waals surface area contributed by atoms with Crippen molar-refractivity contribution in [3.05, 3.63) is 11.6 Å². The van der Waals surface area contributed by atoms with Gasteiger partial charge in [0.25, 0.3) is 5.91 Å². The zero-order valence-electron chi connectivity index (χ0n) is 5.81. The van der Waals surface area contributed by atoms with Crippen molar-refractivity contribution in [3.8, 4) is 0 Å². The van der Waals surface area contributed by atoms with Crippen molar-refractivity contribution in [2.24, 2.45) is 5.73 Å². The first-order chi connectivity index (χ1) is 5.52. The van der Waals surface area contributed by atoms with E-state index in [4.69, 9.17) is 11.5 Å². The van der Waals surface area contributed by atoms with Crippen LogP contribution < -0.4 is 11.5 Å². The number of nitrogen functional groups attached to an aromatic ring is 1. The molecule has 4 N–H and O–H groups in total. The van der Waals surface area contributed by atoms with E-state index in [-0.39, 0.29) is 14.8 Å². The van der Waals surface area contributed by atoms with Crippen LogP contribution in [0.25, 0.3) is 0 Å². The van der Waals surface area contributed by atoms with Crippen LogP contribution in [0.15, 0.2) is 10.3 Å². The second kappa shape index (κ2) is 3.11. The molecule has 0 unspecified atom stereocenters. The number of amides is 1. The number of carbonyl (C=O) groups excluding carboxylic acids is 1. The zero-order valence-corrected chi connectivity index (χ0v) is 7.52. The van der Waals surface area contributed by atoms with Crippen LogP contribution in [0.2, 0.25) is 0 Å². The molecule has 7 heteroatoms. The quantitative estimate of drug-likeness (QED) is 0.562. The summed E-state index contributed by atoms with van der Waals surface area (Å²) in [6.45, 7) is 0. The Morgan fingerprint density at radius 1 is 1.50 bits per heavy atom. The number of hydrogen-bond donors (Lipinski definition) is 3. The van der Waals surface area contributed by atoms with Crippen LogP contribution in [0, 0.1) is 0 Å². The first kappa shape index (κ1) is 9.01. The Balaban J connectivity index is 3.26. The topological polar surface area (TPSA) is 103 Å². The van der Waals surface area contributed by atoms with Gasteiger partial charge in [0.1, 0.15) is 4.21 Å². The van der Waals surface area contributed by atoms with Gasteiger partial charge in [-0.15, -0.1) is 11.3 Å². The highest BCUT2D eigenvalue weighted by atomic mass is 32.2. The molecule has 0 atom stereocenters. The van der Waals surface area contributed by atoms with Crippen LogP contribution in [-0.2, 0) is 10.7 Å². The lowest BCUT2D eigenvalue weighted by Crippen LogP contribution is -2.11. The number of primary amides is 1. The van der Waals surface area contributed by atoms with Gasteiger partial charge in [-0.2, -0.15) is 0 Å². The third-order valence-electron chi connectivity index (χ3n) is 1.19. The number of rotatable bonds is 2. The summed E-state index contributed by atoms with van der Waals surface area (Å²) >= 11 is 0.832. The summed E-state index contributed by atoms with van der Waals surface area (Å²) in [5, 5.41) is 0.136. The van der Waals surface area contributed by atoms with Gasteiger partial charge in [0.15, 0.2) is 10.7 Å². The predicted octanol–water partition coefficient (Wildman–Crippen LogP) is -0.601. The molecule has 0 aliphatic carbocycles. The third-order valence-corrected chi connectivity index (χ3v) is 3.17. The normalized spacial score (nSPS) is 10.4. The zero-order chi connectivity index (χ0) is 9.30. The van der Waals surface area contributed by atoms with Crippen LogP contribution in [0.3, 0.4) is 0 Å². The van der Waals surface area contributed by atoms with Gasteiger partial charge in [0, 0.05) is 0 Å². The standard InChI is InChI=1S/C5H6N2O3S2/c6-4(8)2-1-3(12(9)10)11-5(2)7/h1,12H,7H2,(H2,6,8). The molecule has 0 spiro atoms. The summed E-state index contributed by atoms with van der Waals surface area (Å²) in [6, 6.07) is 1.17. The van der Waals surface area contributed by atoms with E-state index in [9.17, 15) is 13.2 Å². The second-order valence-corrected chi connectivity index (χ2v) is 4.37. The number of thiol groups is 1. The highest BCUT2D eigenvalue weighted by Gasteiger charge is 2.11. The smallest absolute Gasteiger partial charge is 0.251 e. The van der Waals surface area contributed by atoms with Gasteiger partial charge < -0.3 is 11.5 Å². The SMILES string of the molecule is NC(=O)c1cc([SH](=O)=O)sc1N. The van der Waals surface area contributed by atoms with E-state index in [2.05, 4.69) is 0 Å². The van der Waals surface area contributed by atoms with Crippen molar-refractivity contribution in [3.63, 3.8) is 0 Å². The van der Waals surface area contributed by atoms with Crippen molar-refractivity contribution in [2.75, 3.05) is 5.73 Å². The lowest BCUT2D eigenvalue weighted by molar-refractivity contribution is 0.100. The van der Waals surface area contributed by atoms with E-state index in [1.165, 1.54) is 6.07 Å². The molecule has 1 rings (SSSR count). The van der Waals surface area contributed by atoms with E-state index < -0.39 is 16.6 Å². The number of anilines is 1. The van der Waals surface area contributed by atoms with Crippen molar-refractivity contribution >= 4 is 32.9 Å². The maximum atomic E-state index is 10.6. The monoisotopic (exact) mass is 206 g/mol. The minimum absolute atomic E-state index is 0.0521. The average molecular weight is 206 g/mol. The third kappa shape index (κ3) is 1.56. The van der Waals surface area contributed by atoms with E-state index in [1.54, 1.807) is 0 Å². The van der Waals surface area contributed by atoms with Gasteiger partial charge in [0.05, 0.1) is 10.6 Å². The highest BCUT2D eigenvalue weighted by Crippen LogP contribution is 2.25. The van der Waals surface area contributed by atoms with E-state index in [1.807, 2.05) is 0 Å². The molecule has 1 heterocycles. The Morgan fingerprint density at radius 3 is 2.33 bits per heavy atom. The molecule has 12 heavy (non-hydrogen) atoms. The Hall–Kier alpha value is -1.08. The fraction of sp³-hybridized carbons (Fsp3) is 0. The lowest BCUT2D eigenvalue weighted by atomic mass is 10.3. The Kier molecular flexibility index (Phi) is 2.34. The largest absolute Gasteiger partial charge is 0.390 e. The van der Waals surface area contributed by atoms with Crippen LogP contribution >= 0.6 is 11.3 Å². The molecule has 5 nitrogen and oxygen atoms in total. The minimum atomic E-state index is -2.68. The molecule has 0 aliphatic rings. The number of nitrogens with two attached hydrogens (primary N) is 2. The summed E-state index contributed by atoms with van der Waals surface area (Å²) in [6.07, 6.45) is 0. The van der Waals surface area contributed by atoms with Crippen molar-refractivity contribution in [1.82, 2.24) is 0 Å². The van der Waals surface area contributed by atoms with Gasteiger partial charge in [-0.25, -0.2) is 8.42 Å². The van der Waals surface area contributed by atoms with Crippen molar-refractivity contribution < 1.29 is 13.2 Å². The molecule has 66 valence electrons. The second-order valence-electron chi connectivity index (χ2n) is 1.98. The fourth-order valence-corrected chi connectivity index (χ4v) is 2.17. The molecular formula is C5H6N2O3S2. The van der Waals surface area contributed by atoms with E-state index in [0.717, 1.165) is 11.3 Å². The summed E-state index contributed by atoms with van der Waals surface area (Å²) in [4.78, 5) is 10.6. The van der Waals surface area contributed by atoms with E-state index >= 15 is 0 Å². The van der Waals surface area contributed by atoms with Gasteiger partial charge in [-0.05, 0) is 6.07 Å². The summed E-state index contributed by atoms with van der Waals surface area (Å²) in [7, 11) is -2.68. The van der Waals surface area contributed by atoms with E-state index in [0.29, 0.717) is 0 Å². The summed E-state index contributed by atoms with van der Waals surface area (Å²) < 4.78 is 20.9. The van der Waals surface area contributed by atoms with Gasteiger partial charge in [-0.1, -0.05) is 0 Å². The van der Waals surface area contributed by atoms with Gasteiger partial charge in [-0.3, -0.25) is 4.79 Å². The number of hydrogen-bond acceptors (Lipinski definition) is 5. The molecule has 0 aromatic carbocycles. The van der Waals surface area contributed by atoms with Crippen molar-refractivity contribution in [2.45, 2.75) is 4.21 Å². The Morgan fingerprint density at radius 2 is 2.08 bits per heavy atom. The highest BCUT2D eigenvalue weighted by molar-refractivity contribution is 7.75. The minimum Gasteiger partial charge on any atom is -0.390 e. The first-order valence-electron chi connectivity index (χ1n) is 2.86. The fourth-order valence-electron chi connectivity index (χ4n) is 0.674. The molecule has 0 fully saturated rings. The number of thiophene rings is 1. The molecule has 0 bridgehead atoms. The average Bonchev–Trinajstić information content (AvgIpc) is 2.30. The Bertz CT molecular complexity index is 385. The molecule has 0 radical (unpaired) electrons. The molecule has 1 amide bonds. The molecule has 0 saturated heterocycles.